The summed E-state index contributed by atoms with van der Waals surface area (Å²) in [6.45, 7) is 17.3. The Morgan fingerprint density at radius 3 is 2.07 bits per heavy atom. The van der Waals surface area contributed by atoms with E-state index in [1.807, 2.05) is 49.6 Å². The van der Waals surface area contributed by atoms with E-state index in [0.717, 1.165) is 83.3 Å². The van der Waals surface area contributed by atoms with Crippen LogP contribution in [0, 0.1) is 13.8 Å². The summed E-state index contributed by atoms with van der Waals surface area (Å²) in [4.78, 5) is 17.4. The molecular weight excluding hydrogens is 693 g/mol. The predicted octanol–water partition coefficient (Wildman–Crippen LogP) is 13.6. The molecule has 274 valence electrons. The molecule has 4 aromatic heterocycles. The molecule has 0 aliphatic rings. The van der Waals surface area contributed by atoms with Crippen molar-refractivity contribution in [3.8, 4) is 39.4 Å². The van der Waals surface area contributed by atoms with Crippen molar-refractivity contribution in [2.45, 2.75) is 66.2 Å². The van der Waals surface area contributed by atoms with Crippen LogP contribution in [-0.4, -0.2) is 20.1 Å². The van der Waals surface area contributed by atoms with E-state index in [-0.39, 0.29) is 16.6 Å². The highest BCUT2D eigenvalue weighted by Gasteiger charge is 2.28. The maximum Gasteiger partial charge on any atom is 0.137 e. The Bertz CT molecular complexity index is 2680. The van der Waals surface area contributed by atoms with Crippen LogP contribution in [-0.2, 0) is 10.8 Å². The summed E-state index contributed by atoms with van der Waals surface area (Å²) in [5.41, 5.74) is 11.1. The number of benzene rings is 4. The summed E-state index contributed by atoms with van der Waals surface area (Å²) in [6, 6.07) is 40.3. The Labute approximate surface area is 328 Å². The second-order valence-electron chi connectivity index (χ2n) is 16.5. The van der Waals surface area contributed by atoms with Crippen molar-refractivity contribution in [1.29, 1.82) is 0 Å². The average Bonchev–Trinajstić information content (AvgIpc) is 3.54. The van der Waals surface area contributed by atoms with Crippen LogP contribution >= 0.6 is 11.3 Å². The number of anilines is 3. The third-order valence-corrected chi connectivity index (χ3v) is 11.6. The number of aromatic hydroxyl groups is 1. The van der Waals surface area contributed by atoms with E-state index in [1.54, 1.807) is 11.3 Å². The lowest BCUT2D eigenvalue weighted by Gasteiger charge is -2.28. The van der Waals surface area contributed by atoms with Crippen LogP contribution in [0.1, 0.15) is 63.9 Å². The second kappa shape index (κ2) is 13.8. The van der Waals surface area contributed by atoms with Crippen molar-refractivity contribution in [3.63, 3.8) is 0 Å². The van der Waals surface area contributed by atoms with Crippen molar-refractivity contribution in [2.75, 3.05) is 4.90 Å². The quantitative estimate of drug-likeness (QED) is 0.184. The van der Waals surface area contributed by atoms with Gasteiger partial charge in [0.05, 0.1) is 27.5 Å². The van der Waals surface area contributed by atoms with Crippen LogP contribution < -0.4 is 4.90 Å². The second-order valence-corrected chi connectivity index (χ2v) is 17.5. The molecule has 55 heavy (non-hydrogen) atoms. The molecule has 5 nitrogen and oxygen atoms in total. The topological polar surface area (TPSA) is 62.1 Å². The van der Waals surface area contributed by atoms with Crippen molar-refractivity contribution >= 4 is 48.7 Å². The maximum absolute atomic E-state index is 12.2. The van der Waals surface area contributed by atoms with Gasteiger partial charge in [-0.2, -0.15) is 0 Å². The number of fused-ring (bicyclic) bond motifs is 3. The molecule has 0 unspecified atom stereocenters. The van der Waals surface area contributed by atoms with Gasteiger partial charge in [0.25, 0.3) is 0 Å². The number of phenols is 1. The molecule has 4 heterocycles. The van der Waals surface area contributed by atoms with Gasteiger partial charge in [-0.05, 0) is 102 Å². The van der Waals surface area contributed by atoms with Crippen molar-refractivity contribution in [3.05, 3.63) is 150 Å². The monoisotopic (exact) mass is 738 g/mol. The Hall–Kier alpha value is -5.85. The van der Waals surface area contributed by atoms with Gasteiger partial charge in [-0.25, -0.2) is 9.97 Å². The smallest absolute Gasteiger partial charge is 0.137 e. The molecule has 0 amide bonds. The summed E-state index contributed by atoms with van der Waals surface area (Å²) in [7, 11) is 0. The summed E-state index contributed by atoms with van der Waals surface area (Å²) in [5, 5.41) is 14.5. The molecule has 0 aliphatic heterocycles. The van der Waals surface area contributed by atoms with Crippen LogP contribution in [0.5, 0.6) is 5.75 Å². The molecule has 0 aliphatic carbocycles. The highest BCUT2D eigenvalue weighted by molar-refractivity contribution is 7.26. The molecule has 0 saturated heterocycles. The van der Waals surface area contributed by atoms with Crippen LogP contribution in [0.15, 0.2) is 128 Å². The molecule has 0 radical (unpaired) electrons. The summed E-state index contributed by atoms with van der Waals surface area (Å²) < 4.78 is 2.24. The molecule has 0 bridgehead atoms. The van der Waals surface area contributed by atoms with E-state index in [2.05, 4.69) is 138 Å². The van der Waals surface area contributed by atoms with Gasteiger partial charge >= 0.3 is 0 Å². The molecule has 0 atom stereocenters. The average molecular weight is 739 g/mol. The fourth-order valence-electron chi connectivity index (χ4n) is 7.45. The number of phenolic OH excluding ortho intramolecular Hbond substituents is 1. The minimum absolute atomic E-state index is 0.143. The number of pyridine rings is 3. The van der Waals surface area contributed by atoms with Crippen LogP contribution in [0.3, 0.4) is 0 Å². The lowest BCUT2D eigenvalue weighted by atomic mass is 9.78. The Morgan fingerprint density at radius 2 is 1.36 bits per heavy atom. The molecule has 8 rings (SSSR count). The number of nitrogens with zero attached hydrogens (tertiary/aromatic N) is 4. The molecule has 4 aromatic carbocycles. The molecule has 0 fully saturated rings. The first-order valence-electron chi connectivity index (χ1n) is 18.8. The number of thiophene rings is 1. The van der Waals surface area contributed by atoms with E-state index >= 15 is 0 Å². The van der Waals surface area contributed by atoms with Gasteiger partial charge in [0.2, 0.25) is 0 Å². The van der Waals surface area contributed by atoms with Gasteiger partial charge in [0.1, 0.15) is 11.6 Å². The van der Waals surface area contributed by atoms with E-state index in [1.165, 1.54) is 10.1 Å². The molecule has 0 saturated carbocycles. The number of rotatable bonds is 6. The van der Waals surface area contributed by atoms with Crippen molar-refractivity contribution in [2.24, 2.45) is 0 Å². The fourth-order valence-corrected chi connectivity index (χ4v) is 8.63. The molecule has 6 heteroatoms. The minimum atomic E-state index is -0.284. The normalized spacial score (nSPS) is 12.1. The van der Waals surface area contributed by atoms with E-state index in [9.17, 15) is 5.11 Å². The SMILES string of the molecule is Cc1ccnc(C)c1N(c1cc(-c2ccccc2)cc(-c2cc3c(sc4ccccc43)c(-c3cc(C(C)(C)C)cc(C(C)(C)C)c3O)n2)c1)c1ccccn1. The predicted molar refractivity (Wildman–Crippen MR) is 232 cm³/mol. The van der Waals surface area contributed by atoms with E-state index < -0.39 is 0 Å². The van der Waals surface area contributed by atoms with Crippen molar-refractivity contribution in [1.82, 2.24) is 15.0 Å². The molecule has 1 N–H and O–H groups in total. The summed E-state index contributed by atoms with van der Waals surface area (Å²) in [6.07, 6.45) is 3.69. The van der Waals surface area contributed by atoms with Gasteiger partial charge in [-0.15, -0.1) is 11.3 Å². The Kier molecular flexibility index (Phi) is 9.05. The van der Waals surface area contributed by atoms with E-state index in [4.69, 9.17) is 15.0 Å². The molecular formula is C49H46N4OS. The number of hydrogen-bond donors (Lipinski definition) is 1. The maximum atomic E-state index is 12.2. The zero-order chi connectivity index (χ0) is 38.6. The Morgan fingerprint density at radius 1 is 0.636 bits per heavy atom. The highest BCUT2D eigenvalue weighted by Crippen LogP contribution is 2.48. The number of aryl methyl sites for hydroxylation is 2. The van der Waals surface area contributed by atoms with E-state index in [0.29, 0.717) is 0 Å². The van der Waals surface area contributed by atoms with Gasteiger partial charge in [0.15, 0.2) is 0 Å². The van der Waals surface area contributed by atoms with Gasteiger partial charge in [-0.3, -0.25) is 9.88 Å². The molecule has 0 spiro atoms. The lowest BCUT2D eigenvalue weighted by Crippen LogP contribution is -2.17. The largest absolute Gasteiger partial charge is 0.507 e. The standard InChI is InChI=1S/C49H46N4OS/c1-30-21-23-50-31(2)45(30)53(43-20-14-15-22-51-43)36-25-33(32-16-10-9-11-17-32)24-34(26-36)41-29-38-37-18-12-13-19-42(37)55-47(38)44(52-41)39-27-35(48(3,4)5)28-40(46(39)54)49(6,7)8/h9-29,54H,1-8H3. The first-order valence-corrected chi connectivity index (χ1v) is 19.6. The van der Waals surface area contributed by atoms with Gasteiger partial charge < -0.3 is 5.11 Å². The van der Waals surface area contributed by atoms with Gasteiger partial charge in [0, 0.05) is 50.2 Å². The number of aromatic nitrogens is 3. The van der Waals surface area contributed by atoms with Crippen LogP contribution in [0.2, 0.25) is 0 Å². The molecule has 8 aromatic rings. The zero-order valence-corrected chi connectivity index (χ0v) is 33.6. The third-order valence-electron chi connectivity index (χ3n) is 10.4. The summed E-state index contributed by atoms with van der Waals surface area (Å²) >= 11 is 1.73. The van der Waals surface area contributed by atoms with Crippen LogP contribution in [0.25, 0.3) is 53.8 Å². The fraction of sp³-hybridized carbons (Fsp3) is 0.204. The lowest BCUT2D eigenvalue weighted by molar-refractivity contribution is 0.446. The zero-order valence-electron chi connectivity index (χ0n) is 32.8. The Balaban J connectivity index is 1.47. The van der Waals surface area contributed by atoms with Crippen LogP contribution in [0.4, 0.5) is 17.2 Å². The number of hydrogen-bond acceptors (Lipinski definition) is 6. The third kappa shape index (κ3) is 6.76. The first-order chi connectivity index (χ1) is 26.3. The van der Waals surface area contributed by atoms with Gasteiger partial charge in [-0.1, -0.05) is 102 Å². The van der Waals surface area contributed by atoms with Crippen molar-refractivity contribution < 1.29 is 5.11 Å². The highest BCUT2D eigenvalue weighted by atomic mass is 32.1. The first kappa shape index (κ1) is 36.1. The summed E-state index contributed by atoms with van der Waals surface area (Å²) in [5.74, 6) is 1.08. The minimum Gasteiger partial charge on any atom is -0.507 e.